The predicted octanol–water partition coefficient (Wildman–Crippen LogP) is 1.58. The van der Waals surface area contributed by atoms with Gasteiger partial charge in [0.1, 0.15) is 10.6 Å². The van der Waals surface area contributed by atoms with Crippen LogP contribution in [0.4, 0.5) is 0 Å². The van der Waals surface area contributed by atoms with Crippen molar-refractivity contribution in [3.05, 3.63) is 27.5 Å². The molecule has 0 aromatic carbocycles. The lowest BCUT2D eigenvalue weighted by molar-refractivity contribution is -0.138. The molecule has 70 valence electrons. The first-order chi connectivity index (χ1) is 6.02. The molecular weight excluding hydrogens is 259 g/mol. The molecule has 6 heteroatoms. The van der Waals surface area contributed by atoms with E-state index >= 15 is 0 Å². The van der Waals surface area contributed by atoms with E-state index in [4.69, 9.17) is 22.4 Å². The van der Waals surface area contributed by atoms with Crippen molar-refractivity contribution in [2.45, 2.75) is 6.04 Å². The Bertz CT molecular complexity index is 345. The second-order valence-corrected chi connectivity index (χ2v) is 3.54. The van der Waals surface area contributed by atoms with Gasteiger partial charge in [-0.15, -0.1) is 0 Å². The molecule has 1 aromatic rings. The number of halogens is 2. The molecule has 0 bridgehead atoms. The topological polar surface area (TPSA) is 76.2 Å². The molecule has 1 rings (SSSR count). The highest BCUT2D eigenvalue weighted by molar-refractivity contribution is 9.10. The maximum absolute atomic E-state index is 10.5. The minimum absolute atomic E-state index is 0.356. The fourth-order valence-electron chi connectivity index (χ4n) is 0.789. The summed E-state index contributed by atoms with van der Waals surface area (Å²) in [7, 11) is 0. The minimum Gasteiger partial charge on any atom is -0.480 e. The van der Waals surface area contributed by atoms with Crippen molar-refractivity contribution >= 4 is 33.5 Å². The number of carboxylic acid groups (broad SMARTS) is 1. The van der Waals surface area contributed by atoms with Crippen molar-refractivity contribution in [3.63, 3.8) is 0 Å². The molecular formula is C7H6BrClN2O2. The zero-order valence-corrected chi connectivity index (χ0v) is 8.71. The van der Waals surface area contributed by atoms with E-state index in [0.717, 1.165) is 0 Å². The summed E-state index contributed by atoms with van der Waals surface area (Å²) in [6.07, 6.45) is 1.41. The van der Waals surface area contributed by atoms with Gasteiger partial charge in [0.15, 0.2) is 0 Å². The van der Waals surface area contributed by atoms with Gasteiger partial charge < -0.3 is 10.8 Å². The van der Waals surface area contributed by atoms with Crippen molar-refractivity contribution < 1.29 is 9.90 Å². The van der Waals surface area contributed by atoms with E-state index in [0.29, 0.717) is 15.2 Å². The number of rotatable bonds is 2. The van der Waals surface area contributed by atoms with Crippen LogP contribution < -0.4 is 5.73 Å². The first-order valence-corrected chi connectivity index (χ1v) is 4.49. The SMILES string of the molecule is N[C@@H](C(=O)O)c1cc(Cl)cnc1Br. The zero-order chi connectivity index (χ0) is 10.0. The Hall–Kier alpha value is -0.650. The van der Waals surface area contributed by atoms with Crippen LogP contribution in [-0.2, 0) is 4.79 Å². The number of aromatic nitrogens is 1. The Morgan fingerprint density at radius 1 is 1.77 bits per heavy atom. The largest absolute Gasteiger partial charge is 0.480 e. The lowest BCUT2D eigenvalue weighted by atomic mass is 10.1. The average Bonchev–Trinajstić information content (AvgIpc) is 2.08. The van der Waals surface area contributed by atoms with Crippen molar-refractivity contribution in [2.24, 2.45) is 5.73 Å². The standard InChI is InChI=1S/C7H6BrClN2O2/c8-6-4(5(10)7(12)13)1-3(9)2-11-6/h1-2,5H,10H2,(H,12,13)/t5-/m1/s1. The Balaban J connectivity index is 3.12. The fraction of sp³-hybridized carbons (Fsp3) is 0.143. The van der Waals surface area contributed by atoms with E-state index in [1.807, 2.05) is 0 Å². The molecule has 1 heterocycles. The normalized spacial score (nSPS) is 12.5. The molecule has 1 atom stereocenters. The first kappa shape index (κ1) is 10.4. The van der Waals surface area contributed by atoms with Gasteiger partial charge in [0.05, 0.1) is 5.02 Å². The highest BCUT2D eigenvalue weighted by Crippen LogP contribution is 2.23. The molecule has 1 aromatic heterocycles. The van der Waals surface area contributed by atoms with Gasteiger partial charge in [0.2, 0.25) is 0 Å². The third-order valence-corrected chi connectivity index (χ3v) is 2.30. The Morgan fingerprint density at radius 3 is 2.92 bits per heavy atom. The van der Waals surface area contributed by atoms with Gasteiger partial charge in [-0.3, -0.25) is 4.79 Å². The molecule has 0 aliphatic heterocycles. The Morgan fingerprint density at radius 2 is 2.38 bits per heavy atom. The zero-order valence-electron chi connectivity index (χ0n) is 6.37. The molecule has 0 fully saturated rings. The molecule has 0 saturated heterocycles. The maximum Gasteiger partial charge on any atom is 0.325 e. The molecule has 0 amide bonds. The number of aliphatic carboxylic acids is 1. The van der Waals surface area contributed by atoms with E-state index in [1.54, 1.807) is 0 Å². The number of hydrogen-bond donors (Lipinski definition) is 2. The van der Waals surface area contributed by atoms with E-state index in [9.17, 15) is 4.79 Å². The highest BCUT2D eigenvalue weighted by atomic mass is 79.9. The Labute approximate surface area is 87.8 Å². The number of pyridine rings is 1. The van der Waals surface area contributed by atoms with Crippen molar-refractivity contribution in [1.82, 2.24) is 4.98 Å². The monoisotopic (exact) mass is 264 g/mol. The van der Waals surface area contributed by atoms with Crippen molar-refractivity contribution in [2.75, 3.05) is 0 Å². The van der Waals surface area contributed by atoms with Crippen LogP contribution in [0.1, 0.15) is 11.6 Å². The number of nitrogens with zero attached hydrogens (tertiary/aromatic N) is 1. The average molecular weight is 265 g/mol. The van der Waals surface area contributed by atoms with Gasteiger partial charge in [-0.05, 0) is 22.0 Å². The summed E-state index contributed by atoms with van der Waals surface area (Å²) in [6.45, 7) is 0. The smallest absolute Gasteiger partial charge is 0.325 e. The van der Waals surface area contributed by atoms with E-state index in [-0.39, 0.29) is 0 Å². The van der Waals surface area contributed by atoms with Crippen LogP contribution in [0.25, 0.3) is 0 Å². The summed E-state index contributed by atoms with van der Waals surface area (Å²) in [6, 6.07) is 0.359. The van der Waals surface area contributed by atoms with Crippen LogP contribution in [0.15, 0.2) is 16.9 Å². The van der Waals surface area contributed by atoms with Gasteiger partial charge in [0, 0.05) is 11.8 Å². The summed E-state index contributed by atoms with van der Waals surface area (Å²) >= 11 is 8.72. The molecule has 0 aliphatic carbocycles. The van der Waals surface area contributed by atoms with E-state index in [2.05, 4.69) is 20.9 Å². The number of hydrogen-bond acceptors (Lipinski definition) is 3. The molecule has 0 aliphatic rings. The summed E-state index contributed by atoms with van der Waals surface area (Å²) < 4.78 is 0.395. The van der Waals surface area contributed by atoms with Gasteiger partial charge in [-0.1, -0.05) is 11.6 Å². The van der Waals surface area contributed by atoms with Gasteiger partial charge >= 0.3 is 5.97 Å². The third kappa shape index (κ3) is 2.40. The van der Waals surface area contributed by atoms with Gasteiger partial charge in [0.25, 0.3) is 0 Å². The quantitative estimate of drug-likeness (QED) is 0.796. The van der Waals surface area contributed by atoms with Crippen LogP contribution >= 0.6 is 27.5 Å². The number of carbonyl (C=O) groups is 1. The first-order valence-electron chi connectivity index (χ1n) is 3.31. The predicted molar refractivity (Wildman–Crippen MR) is 51.5 cm³/mol. The molecule has 0 radical (unpaired) electrons. The van der Waals surface area contributed by atoms with Crippen molar-refractivity contribution in [3.8, 4) is 0 Å². The van der Waals surface area contributed by atoms with Gasteiger partial charge in [-0.25, -0.2) is 4.98 Å². The van der Waals surface area contributed by atoms with Crippen LogP contribution in [0.3, 0.4) is 0 Å². The lowest BCUT2D eigenvalue weighted by Crippen LogP contribution is -2.21. The second-order valence-electron chi connectivity index (χ2n) is 2.35. The lowest BCUT2D eigenvalue weighted by Gasteiger charge is -2.08. The third-order valence-electron chi connectivity index (χ3n) is 1.43. The van der Waals surface area contributed by atoms with Crippen molar-refractivity contribution in [1.29, 1.82) is 0 Å². The maximum atomic E-state index is 10.5. The summed E-state index contributed by atoms with van der Waals surface area (Å²) in [5, 5.41) is 8.99. The molecule has 3 N–H and O–H groups in total. The molecule has 0 spiro atoms. The second kappa shape index (κ2) is 4.04. The molecule has 13 heavy (non-hydrogen) atoms. The summed E-state index contributed by atoms with van der Waals surface area (Å²) in [4.78, 5) is 14.4. The molecule has 0 saturated carbocycles. The van der Waals surface area contributed by atoms with Crippen LogP contribution in [0.5, 0.6) is 0 Å². The minimum atomic E-state index is -1.12. The molecule has 0 unspecified atom stereocenters. The highest BCUT2D eigenvalue weighted by Gasteiger charge is 2.18. The number of carboxylic acids is 1. The van der Waals surface area contributed by atoms with Crippen LogP contribution in [0.2, 0.25) is 5.02 Å². The van der Waals surface area contributed by atoms with E-state index < -0.39 is 12.0 Å². The fourth-order valence-corrected chi connectivity index (χ4v) is 1.42. The number of nitrogens with two attached hydrogens (primary N) is 1. The van der Waals surface area contributed by atoms with Gasteiger partial charge in [-0.2, -0.15) is 0 Å². The molecule has 4 nitrogen and oxygen atoms in total. The summed E-state index contributed by atoms with van der Waals surface area (Å²) in [5.74, 6) is -1.12. The Kier molecular flexibility index (Phi) is 3.24. The van der Waals surface area contributed by atoms with E-state index in [1.165, 1.54) is 12.3 Å². The van der Waals surface area contributed by atoms with Crippen LogP contribution in [0, 0.1) is 0 Å². The van der Waals surface area contributed by atoms with Crippen LogP contribution in [-0.4, -0.2) is 16.1 Å². The summed E-state index contributed by atoms with van der Waals surface area (Å²) in [5.41, 5.74) is 5.74.